The summed E-state index contributed by atoms with van der Waals surface area (Å²) in [7, 11) is 0. The van der Waals surface area contributed by atoms with Crippen LogP contribution in [0.25, 0.3) is 0 Å². The first kappa shape index (κ1) is 16.9. The number of nitrogens with two attached hydrogens (primary N) is 1. The molecule has 3 rings (SSSR count). The fourth-order valence-corrected chi connectivity index (χ4v) is 2.90. The van der Waals surface area contributed by atoms with E-state index in [1.54, 1.807) is 0 Å². The first-order valence-corrected chi connectivity index (χ1v) is 8.61. The highest BCUT2D eigenvalue weighted by Crippen LogP contribution is 2.32. The van der Waals surface area contributed by atoms with Crippen molar-refractivity contribution in [3.05, 3.63) is 90.0 Å². The fourth-order valence-electron chi connectivity index (χ4n) is 2.90. The summed E-state index contributed by atoms with van der Waals surface area (Å²) in [6.07, 6.45) is 0. The Balaban J connectivity index is 1.95. The van der Waals surface area contributed by atoms with Gasteiger partial charge < -0.3 is 15.4 Å². The zero-order valence-corrected chi connectivity index (χ0v) is 14.6. The Morgan fingerprint density at radius 3 is 1.88 bits per heavy atom. The molecule has 0 spiro atoms. The minimum Gasteiger partial charge on any atom is -0.492 e. The average molecular weight is 332 g/mol. The van der Waals surface area contributed by atoms with Crippen LogP contribution in [0.2, 0.25) is 0 Å². The van der Waals surface area contributed by atoms with Gasteiger partial charge in [-0.3, -0.25) is 0 Å². The minimum atomic E-state index is 0.612. The van der Waals surface area contributed by atoms with Gasteiger partial charge in [0.05, 0.1) is 12.3 Å². The smallest absolute Gasteiger partial charge is 0.144 e. The van der Waals surface area contributed by atoms with Gasteiger partial charge in [-0.25, -0.2) is 0 Å². The van der Waals surface area contributed by atoms with E-state index < -0.39 is 0 Å². The van der Waals surface area contributed by atoms with Gasteiger partial charge in [-0.15, -0.1) is 0 Å². The van der Waals surface area contributed by atoms with Crippen LogP contribution in [0, 0.1) is 0 Å². The van der Waals surface area contributed by atoms with Gasteiger partial charge in [-0.2, -0.15) is 0 Å². The summed E-state index contributed by atoms with van der Waals surface area (Å²) in [5, 5.41) is 0. The van der Waals surface area contributed by atoms with Crippen molar-refractivity contribution in [2.75, 3.05) is 17.2 Å². The van der Waals surface area contributed by atoms with E-state index in [1.807, 2.05) is 37.3 Å². The summed E-state index contributed by atoms with van der Waals surface area (Å²) in [4.78, 5) is 2.33. The summed E-state index contributed by atoms with van der Waals surface area (Å²) in [5.41, 5.74) is 10.3. The summed E-state index contributed by atoms with van der Waals surface area (Å²) < 4.78 is 5.85. The lowest BCUT2D eigenvalue weighted by Gasteiger charge is -2.27. The number of benzene rings is 3. The lowest BCUT2D eigenvalue weighted by molar-refractivity contribution is 0.340. The van der Waals surface area contributed by atoms with Gasteiger partial charge in [0.1, 0.15) is 5.75 Å². The second-order valence-corrected chi connectivity index (χ2v) is 5.99. The van der Waals surface area contributed by atoms with Crippen molar-refractivity contribution in [3.63, 3.8) is 0 Å². The van der Waals surface area contributed by atoms with Crippen molar-refractivity contribution in [2.45, 2.75) is 20.0 Å². The molecule has 2 N–H and O–H groups in total. The summed E-state index contributed by atoms with van der Waals surface area (Å²) in [6, 6.07) is 26.8. The van der Waals surface area contributed by atoms with E-state index in [4.69, 9.17) is 10.5 Å². The molecular weight excluding hydrogens is 308 g/mol. The molecule has 0 aliphatic carbocycles. The van der Waals surface area contributed by atoms with Crippen molar-refractivity contribution in [3.8, 4) is 5.75 Å². The number of hydrogen-bond acceptors (Lipinski definition) is 3. The highest BCUT2D eigenvalue weighted by Gasteiger charge is 2.14. The first-order valence-electron chi connectivity index (χ1n) is 8.61. The maximum atomic E-state index is 5.96. The molecule has 3 aromatic carbocycles. The average Bonchev–Trinajstić information content (AvgIpc) is 2.63. The molecule has 3 heteroatoms. The maximum Gasteiger partial charge on any atom is 0.144 e. The van der Waals surface area contributed by atoms with Gasteiger partial charge >= 0.3 is 0 Å². The molecule has 0 aromatic heterocycles. The molecule has 0 unspecified atom stereocenters. The molecular formula is C22H24N2O. The second kappa shape index (κ2) is 8.25. The topological polar surface area (TPSA) is 38.5 Å². The molecule has 25 heavy (non-hydrogen) atoms. The van der Waals surface area contributed by atoms with Crippen molar-refractivity contribution in [1.29, 1.82) is 0 Å². The van der Waals surface area contributed by atoms with E-state index in [9.17, 15) is 0 Å². The maximum absolute atomic E-state index is 5.96. The molecule has 0 aliphatic heterocycles. The normalized spacial score (nSPS) is 10.4. The fraction of sp³-hybridized carbons (Fsp3) is 0.182. The molecule has 128 valence electrons. The predicted molar refractivity (Wildman–Crippen MR) is 105 cm³/mol. The Hall–Kier alpha value is -2.94. The van der Waals surface area contributed by atoms with Gasteiger partial charge in [0.15, 0.2) is 0 Å². The third-order valence-electron chi connectivity index (χ3n) is 4.06. The Morgan fingerprint density at radius 2 is 1.36 bits per heavy atom. The molecule has 0 saturated heterocycles. The predicted octanol–water partition coefficient (Wildman–Crippen LogP) is 4.87. The lowest BCUT2D eigenvalue weighted by Crippen LogP contribution is -2.23. The molecule has 0 bridgehead atoms. The monoisotopic (exact) mass is 332 g/mol. The van der Waals surface area contributed by atoms with Crippen LogP contribution in [0.5, 0.6) is 5.75 Å². The Kier molecular flexibility index (Phi) is 5.57. The van der Waals surface area contributed by atoms with E-state index in [-0.39, 0.29) is 0 Å². The van der Waals surface area contributed by atoms with E-state index >= 15 is 0 Å². The van der Waals surface area contributed by atoms with E-state index in [0.717, 1.165) is 24.5 Å². The Bertz CT molecular complexity index is 746. The number of nitrogen functional groups attached to an aromatic ring is 1. The summed E-state index contributed by atoms with van der Waals surface area (Å²) in [5.74, 6) is 0.828. The highest BCUT2D eigenvalue weighted by molar-refractivity contribution is 5.64. The second-order valence-electron chi connectivity index (χ2n) is 5.99. The Morgan fingerprint density at radius 1 is 0.800 bits per heavy atom. The van der Waals surface area contributed by atoms with Crippen LogP contribution >= 0.6 is 0 Å². The van der Waals surface area contributed by atoms with Crippen molar-refractivity contribution >= 4 is 11.4 Å². The molecule has 0 heterocycles. The van der Waals surface area contributed by atoms with Gasteiger partial charge in [-0.1, -0.05) is 60.7 Å². The summed E-state index contributed by atoms with van der Waals surface area (Å²) >= 11 is 0. The quantitative estimate of drug-likeness (QED) is 0.627. The molecule has 0 fully saturated rings. The van der Waals surface area contributed by atoms with Crippen LogP contribution in [0.15, 0.2) is 78.9 Å². The van der Waals surface area contributed by atoms with Crippen molar-refractivity contribution in [2.24, 2.45) is 0 Å². The zero-order valence-electron chi connectivity index (χ0n) is 14.6. The standard InChI is InChI=1S/C22H24N2O/c1-2-25-22-15-20(23)13-14-21(22)24(16-18-9-5-3-6-10-18)17-19-11-7-4-8-12-19/h3-15H,2,16-17,23H2,1H3. The van der Waals surface area contributed by atoms with E-state index in [2.05, 4.69) is 53.4 Å². The van der Waals surface area contributed by atoms with Crippen LogP contribution in [-0.2, 0) is 13.1 Å². The van der Waals surface area contributed by atoms with Crippen molar-refractivity contribution < 1.29 is 4.74 Å². The SMILES string of the molecule is CCOc1cc(N)ccc1N(Cc1ccccc1)Cc1ccccc1. The van der Waals surface area contributed by atoms with Crippen molar-refractivity contribution in [1.82, 2.24) is 0 Å². The molecule has 0 aliphatic rings. The molecule has 0 atom stereocenters. The van der Waals surface area contributed by atoms with Crippen LogP contribution in [0.4, 0.5) is 11.4 Å². The Labute approximate surface area is 149 Å². The largest absolute Gasteiger partial charge is 0.492 e. The zero-order chi connectivity index (χ0) is 17.5. The van der Waals surface area contributed by atoms with Gasteiger partial charge in [-0.05, 0) is 30.2 Å². The molecule has 3 nitrogen and oxygen atoms in total. The van der Waals surface area contributed by atoms with Gasteiger partial charge in [0, 0.05) is 24.8 Å². The number of anilines is 2. The van der Waals surface area contributed by atoms with Crippen LogP contribution in [-0.4, -0.2) is 6.61 Å². The third kappa shape index (κ3) is 4.54. The minimum absolute atomic E-state index is 0.612. The van der Waals surface area contributed by atoms with E-state index in [1.165, 1.54) is 11.1 Å². The van der Waals surface area contributed by atoms with Crippen LogP contribution < -0.4 is 15.4 Å². The summed E-state index contributed by atoms with van der Waals surface area (Å²) in [6.45, 7) is 4.21. The van der Waals surface area contributed by atoms with Crippen LogP contribution in [0.3, 0.4) is 0 Å². The highest BCUT2D eigenvalue weighted by atomic mass is 16.5. The van der Waals surface area contributed by atoms with Crippen LogP contribution in [0.1, 0.15) is 18.1 Å². The molecule has 3 aromatic rings. The first-order chi connectivity index (χ1) is 12.3. The van der Waals surface area contributed by atoms with Gasteiger partial charge in [0.2, 0.25) is 0 Å². The molecule has 0 amide bonds. The third-order valence-corrected chi connectivity index (χ3v) is 4.06. The number of nitrogens with zero attached hydrogens (tertiary/aromatic N) is 1. The number of rotatable bonds is 7. The lowest BCUT2D eigenvalue weighted by atomic mass is 10.1. The van der Waals surface area contributed by atoms with Gasteiger partial charge in [0.25, 0.3) is 0 Å². The number of ether oxygens (including phenoxy) is 1. The number of hydrogen-bond donors (Lipinski definition) is 1. The van der Waals surface area contributed by atoms with E-state index in [0.29, 0.717) is 12.3 Å². The molecule has 0 radical (unpaired) electrons. The molecule has 0 saturated carbocycles.